The molecule has 1 heterocycles. The average Bonchev–Trinajstić information content (AvgIpc) is 2.65. The molecule has 0 aromatic rings. The van der Waals surface area contributed by atoms with E-state index in [2.05, 4.69) is 11.9 Å². The summed E-state index contributed by atoms with van der Waals surface area (Å²) in [7, 11) is 5.45. The van der Waals surface area contributed by atoms with Gasteiger partial charge < -0.3 is 20.3 Å². The Bertz CT molecular complexity index is 231. The Morgan fingerprint density at radius 2 is 2.38 bits per heavy atom. The molecule has 1 aliphatic heterocycles. The molecular weight excluding hydrogens is 206 g/mol. The van der Waals surface area contributed by atoms with Crippen LogP contribution in [0.25, 0.3) is 0 Å². The molecule has 1 fully saturated rings. The van der Waals surface area contributed by atoms with Gasteiger partial charge in [-0.05, 0) is 25.9 Å². The number of amides is 1. The normalized spacial score (nSPS) is 23.4. The second-order valence-corrected chi connectivity index (χ2v) is 4.60. The highest BCUT2D eigenvalue weighted by Gasteiger charge is 2.25. The minimum atomic E-state index is -0.496. The summed E-state index contributed by atoms with van der Waals surface area (Å²) in [5, 5.41) is 0. The van der Waals surface area contributed by atoms with Crippen molar-refractivity contribution in [1.29, 1.82) is 0 Å². The molecule has 0 aromatic carbocycles. The highest BCUT2D eigenvalue weighted by molar-refractivity contribution is 5.80. The number of carbonyl (C=O) groups is 1. The zero-order valence-corrected chi connectivity index (χ0v) is 10.5. The number of hydrogen-bond acceptors (Lipinski definition) is 4. The molecule has 2 atom stereocenters. The predicted molar refractivity (Wildman–Crippen MR) is 63.1 cm³/mol. The summed E-state index contributed by atoms with van der Waals surface area (Å²) in [4.78, 5) is 15.9. The van der Waals surface area contributed by atoms with Gasteiger partial charge in [0.2, 0.25) is 0 Å². The first kappa shape index (κ1) is 13.4. The van der Waals surface area contributed by atoms with Crippen molar-refractivity contribution in [3.63, 3.8) is 0 Å². The SMILES string of the molecule is COC(CN)C(=O)N(C)CC1CCN(C)C1. The van der Waals surface area contributed by atoms with Crippen LogP contribution in [0.2, 0.25) is 0 Å². The molecule has 94 valence electrons. The van der Waals surface area contributed by atoms with Gasteiger partial charge >= 0.3 is 0 Å². The van der Waals surface area contributed by atoms with Crippen LogP contribution in [0.15, 0.2) is 0 Å². The molecule has 1 rings (SSSR count). The van der Waals surface area contributed by atoms with E-state index in [4.69, 9.17) is 10.5 Å². The Kier molecular flexibility index (Phi) is 5.18. The lowest BCUT2D eigenvalue weighted by molar-refractivity contribution is -0.140. The summed E-state index contributed by atoms with van der Waals surface area (Å²) in [6, 6.07) is 0. The zero-order chi connectivity index (χ0) is 12.1. The molecule has 2 N–H and O–H groups in total. The van der Waals surface area contributed by atoms with Crippen LogP contribution in [0.1, 0.15) is 6.42 Å². The first-order chi connectivity index (χ1) is 7.58. The van der Waals surface area contributed by atoms with Crippen LogP contribution in [0.3, 0.4) is 0 Å². The number of likely N-dealkylation sites (tertiary alicyclic amines) is 1. The number of hydrogen-bond donors (Lipinski definition) is 1. The van der Waals surface area contributed by atoms with Gasteiger partial charge in [0.15, 0.2) is 0 Å². The van der Waals surface area contributed by atoms with Crippen molar-refractivity contribution in [2.45, 2.75) is 12.5 Å². The number of carbonyl (C=O) groups excluding carboxylic acids is 1. The van der Waals surface area contributed by atoms with Crippen LogP contribution >= 0.6 is 0 Å². The molecule has 0 radical (unpaired) electrons. The second kappa shape index (κ2) is 6.18. The maximum Gasteiger partial charge on any atom is 0.252 e. The van der Waals surface area contributed by atoms with Gasteiger partial charge in [0.25, 0.3) is 5.91 Å². The van der Waals surface area contributed by atoms with Crippen molar-refractivity contribution in [3.8, 4) is 0 Å². The lowest BCUT2D eigenvalue weighted by atomic mass is 10.1. The van der Waals surface area contributed by atoms with Gasteiger partial charge in [0.1, 0.15) is 6.10 Å². The Morgan fingerprint density at radius 1 is 1.69 bits per heavy atom. The van der Waals surface area contributed by atoms with Gasteiger partial charge in [-0.25, -0.2) is 0 Å². The number of nitrogens with zero attached hydrogens (tertiary/aromatic N) is 2. The summed E-state index contributed by atoms with van der Waals surface area (Å²) in [6.07, 6.45) is 0.665. The molecule has 1 amide bonds. The van der Waals surface area contributed by atoms with E-state index in [1.165, 1.54) is 7.11 Å². The van der Waals surface area contributed by atoms with Crippen molar-refractivity contribution in [1.82, 2.24) is 9.80 Å². The summed E-state index contributed by atoms with van der Waals surface area (Å²) < 4.78 is 5.04. The minimum absolute atomic E-state index is 0.0143. The van der Waals surface area contributed by atoms with Crippen molar-refractivity contribution in [2.75, 3.05) is 47.4 Å². The Hall–Kier alpha value is -0.650. The fourth-order valence-electron chi connectivity index (χ4n) is 2.20. The van der Waals surface area contributed by atoms with Crippen LogP contribution < -0.4 is 5.73 Å². The van der Waals surface area contributed by atoms with Crippen molar-refractivity contribution < 1.29 is 9.53 Å². The van der Waals surface area contributed by atoms with E-state index in [-0.39, 0.29) is 12.5 Å². The summed E-state index contributed by atoms with van der Waals surface area (Å²) >= 11 is 0. The maximum atomic E-state index is 11.9. The highest BCUT2D eigenvalue weighted by atomic mass is 16.5. The number of nitrogens with two attached hydrogens (primary N) is 1. The molecule has 5 nitrogen and oxygen atoms in total. The molecule has 2 unspecified atom stereocenters. The number of likely N-dealkylation sites (N-methyl/N-ethyl adjacent to an activating group) is 1. The van der Waals surface area contributed by atoms with Gasteiger partial charge in [0.05, 0.1) is 0 Å². The second-order valence-electron chi connectivity index (χ2n) is 4.60. The van der Waals surface area contributed by atoms with E-state index in [1.807, 2.05) is 7.05 Å². The number of rotatable bonds is 5. The van der Waals surface area contributed by atoms with Crippen LogP contribution in [0.5, 0.6) is 0 Å². The van der Waals surface area contributed by atoms with E-state index in [0.29, 0.717) is 5.92 Å². The minimum Gasteiger partial charge on any atom is -0.370 e. The summed E-state index contributed by atoms with van der Waals surface area (Å²) in [6.45, 7) is 3.22. The van der Waals surface area contributed by atoms with Crippen molar-refractivity contribution >= 4 is 5.91 Å². The molecule has 0 aromatic heterocycles. The maximum absolute atomic E-state index is 11.9. The van der Waals surface area contributed by atoms with Gasteiger partial charge in [-0.1, -0.05) is 0 Å². The predicted octanol–water partition coefficient (Wildman–Crippen LogP) is -0.630. The topological polar surface area (TPSA) is 58.8 Å². The van der Waals surface area contributed by atoms with Crippen LogP contribution in [-0.2, 0) is 9.53 Å². The zero-order valence-electron chi connectivity index (χ0n) is 10.5. The number of methoxy groups -OCH3 is 1. The first-order valence-electron chi connectivity index (χ1n) is 5.74. The third-order valence-corrected chi connectivity index (χ3v) is 3.17. The largest absolute Gasteiger partial charge is 0.370 e. The van der Waals surface area contributed by atoms with E-state index in [1.54, 1.807) is 4.90 Å². The van der Waals surface area contributed by atoms with Gasteiger partial charge in [-0.2, -0.15) is 0 Å². The Balaban J connectivity index is 2.39. The summed E-state index contributed by atoms with van der Waals surface area (Å²) in [5.41, 5.74) is 5.47. The summed E-state index contributed by atoms with van der Waals surface area (Å²) in [5.74, 6) is 0.564. The fraction of sp³-hybridized carbons (Fsp3) is 0.909. The molecule has 0 saturated carbocycles. The van der Waals surface area contributed by atoms with E-state index in [0.717, 1.165) is 26.1 Å². The smallest absolute Gasteiger partial charge is 0.252 e. The first-order valence-corrected chi connectivity index (χ1v) is 5.74. The lowest BCUT2D eigenvalue weighted by Gasteiger charge is -2.24. The standard InChI is InChI=1S/C11H23N3O2/c1-13-5-4-9(7-13)8-14(2)11(15)10(6-12)16-3/h9-10H,4-8,12H2,1-3H3. The molecule has 0 spiro atoms. The van der Waals surface area contributed by atoms with Gasteiger partial charge in [0, 0.05) is 33.8 Å². The quantitative estimate of drug-likeness (QED) is 0.682. The average molecular weight is 229 g/mol. The van der Waals surface area contributed by atoms with Crippen molar-refractivity contribution in [2.24, 2.45) is 11.7 Å². The lowest BCUT2D eigenvalue weighted by Crippen LogP contribution is -2.43. The molecular formula is C11H23N3O2. The monoisotopic (exact) mass is 229 g/mol. The third-order valence-electron chi connectivity index (χ3n) is 3.17. The third kappa shape index (κ3) is 3.43. The Labute approximate surface area is 97.5 Å². The van der Waals surface area contributed by atoms with Gasteiger partial charge in [-0.15, -0.1) is 0 Å². The molecule has 1 aliphatic rings. The van der Waals surface area contributed by atoms with Crippen molar-refractivity contribution in [3.05, 3.63) is 0 Å². The van der Waals surface area contributed by atoms with Crippen LogP contribution in [0.4, 0.5) is 0 Å². The fourth-order valence-corrected chi connectivity index (χ4v) is 2.20. The van der Waals surface area contributed by atoms with Gasteiger partial charge in [-0.3, -0.25) is 4.79 Å². The van der Waals surface area contributed by atoms with E-state index >= 15 is 0 Å². The molecule has 1 saturated heterocycles. The van der Waals surface area contributed by atoms with E-state index in [9.17, 15) is 4.79 Å². The molecule has 0 bridgehead atoms. The van der Waals surface area contributed by atoms with Crippen LogP contribution in [-0.4, -0.2) is 69.2 Å². The molecule has 0 aliphatic carbocycles. The van der Waals surface area contributed by atoms with Crippen LogP contribution in [0, 0.1) is 5.92 Å². The highest BCUT2D eigenvalue weighted by Crippen LogP contribution is 2.15. The molecule has 16 heavy (non-hydrogen) atoms. The Morgan fingerprint density at radius 3 is 2.81 bits per heavy atom. The van der Waals surface area contributed by atoms with E-state index < -0.39 is 6.10 Å². The number of ether oxygens (including phenoxy) is 1. The molecule has 5 heteroatoms.